The van der Waals surface area contributed by atoms with Gasteiger partial charge in [0.25, 0.3) is 11.5 Å². The van der Waals surface area contributed by atoms with Gasteiger partial charge in [0.15, 0.2) is 0 Å². The van der Waals surface area contributed by atoms with E-state index in [1.165, 1.54) is 35.0 Å². The van der Waals surface area contributed by atoms with E-state index in [0.717, 1.165) is 0 Å². The van der Waals surface area contributed by atoms with Gasteiger partial charge in [-0.25, -0.2) is 9.18 Å². The summed E-state index contributed by atoms with van der Waals surface area (Å²) in [6.45, 7) is 2.01. The molecule has 0 atom stereocenters. The molecule has 0 spiro atoms. The van der Waals surface area contributed by atoms with E-state index in [1.807, 2.05) is 0 Å². The molecule has 0 aliphatic heterocycles. The predicted molar refractivity (Wildman–Crippen MR) is 107 cm³/mol. The molecule has 0 radical (unpaired) electrons. The minimum Gasteiger partial charge on any atom is -0.462 e. The second-order valence-electron chi connectivity index (χ2n) is 6.21. The smallest absolute Gasteiger partial charge is 0.340 e. The lowest BCUT2D eigenvalue weighted by Gasteiger charge is -2.11. The van der Waals surface area contributed by atoms with Crippen molar-refractivity contribution in [2.45, 2.75) is 13.5 Å². The maximum absolute atomic E-state index is 13.4. The Labute approximate surface area is 166 Å². The maximum Gasteiger partial charge on any atom is 0.340 e. The van der Waals surface area contributed by atoms with Crippen LogP contribution in [-0.2, 0) is 11.3 Å². The number of hydrogen-bond acceptors (Lipinski definition) is 4. The Morgan fingerprint density at radius 2 is 1.79 bits per heavy atom. The highest BCUT2D eigenvalue weighted by Gasteiger charge is 2.17. The summed E-state index contributed by atoms with van der Waals surface area (Å²) >= 11 is 0. The molecule has 0 aliphatic rings. The fourth-order valence-corrected chi connectivity index (χ4v) is 2.83. The topological polar surface area (TPSA) is 77.4 Å². The molecule has 0 saturated carbocycles. The molecular formula is C22H19FN2O4. The van der Waals surface area contributed by atoms with Crippen LogP contribution < -0.4 is 10.9 Å². The lowest BCUT2D eigenvalue weighted by Crippen LogP contribution is -2.29. The first-order chi connectivity index (χ1) is 14.0. The second kappa shape index (κ2) is 8.97. The molecule has 1 amide bonds. The molecule has 0 saturated heterocycles. The Hall–Kier alpha value is -3.74. The highest BCUT2D eigenvalue weighted by Crippen LogP contribution is 2.17. The lowest BCUT2D eigenvalue weighted by molar-refractivity contribution is 0.0527. The fourth-order valence-electron chi connectivity index (χ4n) is 2.83. The van der Waals surface area contributed by atoms with Crippen molar-refractivity contribution in [3.8, 4) is 0 Å². The highest BCUT2D eigenvalue weighted by molar-refractivity contribution is 6.07. The third-order valence-electron chi connectivity index (χ3n) is 4.18. The number of hydrogen-bond donors (Lipinski definition) is 1. The summed E-state index contributed by atoms with van der Waals surface area (Å²) in [6.07, 6.45) is 1.52. The van der Waals surface area contributed by atoms with Crippen LogP contribution in [0.15, 0.2) is 71.7 Å². The van der Waals surface area contributed by atoms with Gasteiger partial charge in [0.2, 0.25) is 0 Å². The van der Waals surface area contributed by atoms with E-state index in [4.69, 9.17) is 4.74 Å². The number of ether oxygens (including phenoxy) is 1. The SMILES string of the molecule is CCOC(=O)c1ccccc1NC(=O)c1cccn(Cc2cccc(F)c2)c1=O. The quantitative estimate of drug-likeness (QED) is 0.650. The first-order valence-corrected chi connectivity index (χ1v) is 9.01. The molecule has 1 N–H and O–H groups in total. The van der Waals surface area contributed by atoms with E-state index in [0.29, 0.717) is 5.56 Å². The Morgan fingerprint density at radius 3 is 2.55 bits per heavy atom. The molecule has 148 valence electrons. The normalized spacial score (nSPS) is 10.4. The van der Waals surface area contributed by atoms with Crippen LogP contribution in [0.5, 0.6) is 0 Å². The monoisotopic (exact) mass is 394 g/mol. The number of rotatable bonds is 6. The van der Waals surface area contributed by atoms with E-state index in [9.17, 15) is 18.8 Å². The summed E-state index contributed by atoms with van der Waals surface area (Å²) in [5.41, 5.74) is 0.414. The molecule has 3 rings (SSSR count). The molecule has 0 unspecified atom stereocenters. The first kappa shape index (κ1) is 20.0. The number of halogens is 1. The minimum absolute atomic E-state index is 0.0948. The van der Waals surface area contributed by atoms with Gasteiger partial charge in [-0.1, -0.05) is 24.3 Å². The third-order valence-corrected chi connectivity index (χ3v) is 4.18. The van der Waals surface area contributed by atoms with Gasteiger partial charge in [-0.05, 0) is 48.9 Å². The van der Waals surface area contributed by atoms with Crippen molar-refractivity contribution in [2.75, 3.05) is 11.9 Å². The summed E-state index contributed by atoms with van der Waals surface area (Å²) in [5.74, 6) is -1.62. The van der Waals surface area contributed by atoms with Gasteiger partial charge < -0.3 is 14.6 Å². The van der Waals surface area contributed by atoms with Crippen LogP contribution in [0.25, 0.3) is 0 Å². The minimum atomic E-state index is -0.652. The number of carbonyl (C=O) groups excluding carboxylic acids is 2. The summed E-state index contributed by atoms with van der Waals surface area (Å²) in [6, 6.07) is 15.2. The van der Waals surface area contributed by atoms with Gasteiger partial charge in [-0.15, -0.1) is 0 Å². The van der Waals surface area contributed by atoms with Crippen LogP contribution in [0, 0.1) is 5.82 Å². The van der Waals surface area contributed by atoms with E-state index >= 15 is 0 Å². The molecule has 29 heavy (non-hydrogen) atoms. The van der Waals surface area contributed by atoms with E-state index < -0.39 is 23.3 Å². The van der Waals surface area contributed by atoms with Gasteiger partial charge in [0.1, 0.15) is 11.4 Å². The van der Waals surface area contributed by atoms with Crippen LogP contribution in [-0.4, -0.2) is 23.1 Å². The van der Waals surface area contributed by atoms with Crippen molar-refractivity contribution in [2.24, 2.45) is 0 Å². The molecule has 7 heteroatoms. The number of benzene rings is 2. The molecular weight excluding hydrogens is 375 g/mol. The number of para-hydroxylation sites is 1. The van der Waals surface area contributed by atoms with E-state index in [1.54, 1.807) is 43.3 Å². The number of carbonyl (C=O) groups is 2. The van der Waals surface area contributed by atoms with Crippen LogP contribution in [0.1, 0.15) is 33.2 Å². The predicted octanol–water partition coefficient (Wildman–Crippen LogP) is 3.46. The molecule has 0 bridgehead atoms. The zero-order valence-corrected chi connectivity index (χ0v) is 15.7. The van der Waals surface area contributed by atoms with E-state index in [-0.39, 0.29) is 30.0 Å². The summed E-state index contributed by atoms with van der Waals surface area (Å²) in [4.78, 5) is 37.5. The van der Waals surface area contributed by atoms with Crippen molar-refractivity contribution >= 4 is 17.6 Å². The number of anilines is 1. The van der Waals surface area contributed by atoms with E-state index in [2.05, 4.69) is 5.32 Å². The van der Waals surface area contributed by atoms with Crippen molar-refractivity contribution in [1.29, 1.82) is 0 Å². The van der Waals surface area contributed by atoms with Crippen LogP contribution >= 0.6 is 0 Å². The Kier molecular flexibility index (Phi) is 6.19. The van der Waals surface area contributed by atoms with Crippen molar-refractivity contribution in [3.05, 3.63) is 99.7 Å². The number of nitrogens with zero attached hydrogens (tertiary/aromatic N) is 1. The molecule has 1 heterocycles. The van der Waals surface area contributed by atoms with Gasteiger partial charge in [0.05, 0.1) is 24.4 Å². The van der Waals surface area contributed by atoms with Crippen molar-refractivity contribution < 1.29 is 18.7 Å². The Balaban J connectivity index is 1.86. The summed E-state index contributed by atoms with van der Waals surface area (Å²) in [5, 5.41) is 2.59. The first-order valence-electron chi connectivity index (χ1n) is 9.01. The standard InChI is InChI=1S/C22H19FN2O4/c1-2-29-22(28)17-9-3-4-11-19(17)24-20(26)18-10-6-12-25(21(18)27)14-15-7-5-8-16(23)13-15/h3-13H,2,14H2,1H3,(H,24,26). The number of pyridine rings is 1. The molecule has 6 nitrogen and oxygen atoms in total. The Bertz CT molecular complexity index is 1110. The number of esters is 1. The third kappa shape index (κ3) is 4.76. The summed E-state index contributed by atoms with van der Waals surface area (Å²) < 4.78 is 19.7. The van der Waals surface area contributed by atoms with Gasteiger partial charge in [0, 0.05) is 6.20 Å². The van der Waals surface area contributed by atoms with Gasteiger partial charge >= 0.3 is 5.97 Å². The van der Waals surface area contributed by atoms with Crippen LogP contribution in [0.3, 0.4) is 0 Å². The van der Waals surface area contributed by atoms with Gasteiger partial charge in [-0.2, -0.15) is 0 Å². The molecule has 3 aromatic rings. The average Bonchev–Trinajstić information content (AvgIpc) is 2.70. The van der Waals surface area contributed by atoms with Gasteiger partial charge in [-0.3, -0.25) is 9.59 Å². The zero-order chi connectivity index (χ0) is 20.8. The Morgan fingerprint density at radius 1 is 1.03 bits per heavy atom. The molecule has 0 aliphatic carbocycles. The fraction of sp³-hybridized carbons (Fsp3) is 0.136. The lowest BCUT2D eigenvalue weighted by atomic mass is 10.1. The molecule has 1 aromatic heterocycles. The zero-order valence-electron chi connectivity index (χ0n) is 15.7. The maximum atomic E-state index is 13.4. The van der Waals surface area contributed by atoms with Crippen molar-refractivity contribution in [1.82, 2.24) is 4.57 Å². The highest BCUT2D eigenvalue weighted by atomic mass is 19.1. The molecule has 2 aromatic carbocycles. The van der Waals surface area contributed by atoms with Crippen molar-refractivity contribution in [3.63, 3.8) is 0 Å². The van der Waals surface area contributed by atoms with Crippen LogP contribution in [0.4, 0.5) is 10.1 Å². The number of aromatic nitrogens is 1. The second-order valence-corrected chi connectivity index (χ2v) is 6.21. The number of nitrogens with one attached hydrogen (secondary N) is 1. The average molecular weight is 394 g/mol. The van der Waals surface area contributed by atoms with Crippen LogP contribution in [0.2, 0.25) is 0 Å². The largest absolute Gasteiger partial charge is 0.462 e. The molecule has 0 fully saturated rings. The summed E-state index contributed by atoms with van der Waals surface area (Å²) in [7, 11) is 0. The number of amides is 1.